The molecule has 1 aliphatic rings. The Labute approximate surface area is 241 Å². The van der Waals surface area contributed by atoms with Crippen LogP contribution in [0, 0.1) is 0 Å². The van der Waals surface area contributed by atoms with Crippen molar-refractivity contribution < 1.29 is 29.3 Å². The molecule has 230 valence electrons. The molecule has 3 N–H and O–H groups in total. The first-order chi connectivity index (χ1) is 19.4. The molecular weight excluding hydrogens is 510 g/mol. The lowest BCUT2D eigenvalue weighted by atomic mass is 10.0. The molecule has 9 heteroatoms. The molecule has 0 aliphatic carbocycles. The van der Waals surface area contributed by atoms with Gasteiger partial charge in [-0.3, -0.25) is 14.6 Å². The van der Waals surface area contributed by atoms with Gasteiger partial charge in [0.2, 0.25) is 5.91 Å². The fraction of sp³-hybridized carbons (Fsp3) is 0.806. The van der Waals surface area contributed by atoms with Gasteiger partial charge in [0.15, 0.2) is 0 Å². The SMILES string of the molecule is CCCCCCCCCCCCCC(=NCCCNC(=O)COCC(=O)O)C1=C(O)CN(CCCCCC)C1=O. The number of aliphatic hydroxyl groups is 1. The minimum absolute atomic E-state index is 0.117. The molecule has 1 aliphatic heterocycles. The van der Waals surface area contributed by atoms with Crippen LogP contribution in [0.2, 0.25) is 0 Å². The van der Waals surface area contributed by atoms with E-state index in [1.165, 1.54) is 57.8 Å². The number of aliphatic carboxylic acids is 1. The molecule has 0 unspecified atom stereocenters. The summed E-state index contributed by atoms with van der Waals surface area (Å²) in [6.07, 6.45) is 19.1. The van der Waals surface area contributed by atoms with Crippen molar-refractivity contribution in [3.63, 3.8) is 0 Å². The Morgan fingerprint density at radius 3 is 2.02 bits per heavy atom. The summed E-state index contributed by atoms with van der Waals surface area (Å²) >= 11 is 0. The molecule has 0 saturated carbocycles. The van der Waals surface area contributed by atoms with E-state index in [9.17, 15) is 19.5 Å². The van der Waals surface area contributed by atoms with Gasteiger partial charge in [-0.25, -0.2) is 4.79 Å². The summed E-state index contributed by atoms with van der Waals surface area (Å²) in [4.78, 5) is 41.8. The van der Waals surface area contributed by atoms with Crippen LogP contribution in [0.25, 0.3) is 0 Å². The van der Waals surface area contributed by atoms with E-state index in [1.54, 1.807) is 4.90 Å². The van der Waals surface area contributed by atoms with E-state index in [0.29, 0.717) is 43.8 Å². The predicted molar refractivity (Wildman–Crippen MR) is 160 cm³/mol. The number of carbonyl (C=O) groups is 3. The number of carbonyl (C=O) groups excluding carboxylic acids is 2. The van der Waals surface area contributed by atoms with Crippen LogP contribution in [0.3, 0.4) is 0 Å². The van der Waals surface area contributed by atoms with Crippen LogP contribution < -0.4 is 5.32 Å². The Morgan fingerprint density at radius 1 is 0.850 bits per heavy atom. The number of ether oxygens (including phenoxy) is 1. The van der Waals surface area contributed by atoms with Crippen LogP contribution in [-0.4, -0.2) is 78.0 Å². The smallest absolute Gasteiger partial charge is 0.329 e. The van der Waals surface area contributed by atoms with Crippen LogP contribution in [0.1, 0.15) is 123 Å². The highest BCUT2D eigenvalue weighted by atomic mass is 16.5. The first kappa shape index (κ1) is 35.6. The van der Waals surface area contributed by atoms with Crippen LogP contribution in [-0.2, 0) is 19.1 Å². The summed E-state index contributed by atoms with van der Waals surface area (Å²) in [5.41, 5.74) is 1.04. The van der Waals surface area contributed by atoms with Gasteiger partial charge in [-0.05, 0) is 25.7 Å². The van der Waals surface area contributed by atoms with Crippen LogP contribution in [0.15, 0.2) is 16.3 Å². The normalized spacial score (nSPS) is 13.9. The Hall–Kier alpha value is -2.42. The number of aliphatic imine (C=N–C) groups is 1. The van der Waals surface area contributed by atoms with E-state index < -0.39 is 12.6 Å². The van der Waals surface area contributed by atoms with E-state index in [2.05, 4.69) is 19.2 Å². The van der Waals surface area contributed by atoms with Crippen molar-refractivity contribution in [1.29, 1.82) is 0 Å². The molecule has 0 spiro atoms. The maximum atomic E-state index is 13.2. The van der Waals surface area contributed by atoms with Gasteiger partial charge in [0.25, 0.3) is 5.91 Å². The zero-order valence-corrected chi connectivity index (χ0v) is 25.2. The number of hydrogen-bond acceptors (Lipinski definition) is 6. The van der Waals surface area contributed by atoms with Crippen molar-refractivity contribution in [2.75, 3.05) is 39.4 Å². The first-order valence-electron chi connectivity index (χ1n) is 15.7. The van der Waals surface area contributed by atoms with Gasteiger partial charge in [-0.1, -0.05) is 97.3 Å². The highest BCUT2D eigenvalue weighted by Gasteiger charge is 2.32. The van der Waals surface area contributed by atoms with E-state index in [4.69, 9.17) is 14.8 Å². The number of nitrogens with one attached hydrogen (secondary N) is 1. The van der Waals surface area contributed by atoms with E-state index in [1.807, 2.05) is 0 Å². The molecular formula is C31H55N3O6. The average Bonchev–Trinajstić information content (AvgIpc) is 3.20. The Morgan fingerprint density at radius 2 is 1.43 bits per heavy atom. The maximum absolute atomic E-state index is 13.2. The van der Waals surface area contributed by atoms with E-state index in [-0.39, 0.29) is 30.7 Å². The fourth-order valence-corrected chi connectivity index (χ4v) is 4.86. The summed E-state index contributed by atoms with van der Waals surface area (Å²) in [6, 6.07) is 0. The van der Waals surface area contributed by atoms with Crippen molar-refractivity contribution in [2.24, 2.45) is 4.99 Å². The molecule has 0 aromatic heterocycles. The van der Waals surface area contributed by atoms with Crippen LogP contribution in [0.5, 0.6) is 0 Å². The average molecular weight is 566 g/mol. The summed E-state index contributed by atoms with van der Waals surface area (Å²) in [5.74, 6) is -1.51. The fourth-order valence-electron chi connectivity index (χ4n) is 4.86. The van der Waals surface area contributed by atoms with Crippen molar-refractivity contribution in [1.82, 2.24) is 10.2 Å². The van der Waals surface area contributed by atoms with Gasteiger partial charge < -0.3 is 25.2 Å². The second-order valence-electron chi connectivity index (χ2n) is 10.8. The number of hydrogen-bond donors (Lipinski definition) is 3. The largest absolute Gasteiger partial charge is 0.510 e. The lowest BCUT2D eigenvalue weighted by Crippen LogP contribution is -2.30. The lowest BCUT2D eigenvalue weighted by molar-refractivity contribution is -0.143. The van der Waals surface area contributed by atoms with Gasteiger partial charge >= 0.3 is 5.97 Å². The van der Waals surface area contributed by atoms with Crippen molar-refractivity contribution in [2.45, 2.75) is 123 Å². The zero-order chi connectivity index (χ0) is 29.4. The number of rotatable bonds is 26. The van der Waals surface area contributed by atoms with Crippen molar-refractivity contribution in [3.8, 4) is 0 Å². The Kier molecular flexibility index (Phi) is 20.7. The predicted octanol–water partition coefficient (Wildman–Crippen LogP) is 5.97. The van der Waals surface area contributed by atoms with Crippen LogP contribution >= 0.6 is 0 Å². The lowest BCUT2D eigenvalue weighted by Gasteiger charge is -2.16. The molecule has 2 amide bonds. The molecule has 40 heavy (non-hydrogen) atoms. The van der Waals surface area contributed by atoms with Crippen molar-refractivity contribution >= 4 is 23.5 Å². The highest BCUT2D eigenvalue weighted by molar-refractivity contribution is 6.23. The molecule has 0 bridgehead atoms. The van der Waals surface area contributed by atoms with Gasteiger partial charge in [-0.15, -0.1) is 0 Å². The molecule has 9 nitrogen and oxygen atoms in total. The highest BCUT2D eigenvalue weighted by Crippen LogP contribution is 2.23. The van der Waals surface area contributed by atoms with Gasteiger partial charge in [0.1, 0.15) is 19.0 Å². The molecule has 1 rings (SSSR count). The molecule has 0 radical (unpaired) electrons. The van der Waals surface area contributed by atoms with Crippen molar-refractivity contribution in [3.05, 3.63) is 11.3 Å². The minimum Gasteiger partial charge on any atom is -0.510 e. The second-order valence-corrected chi connectivity index (χ2v) is 10.8. The Bertz CT molecular complexity index is 796. The number of carboxylic acid groups (broad SMARTS) is 1. The Balaban J connectivity index is 2.54. The number of amides is 2. The van der Waals surface area contributed by atoms with Gasteiger partial charge in [-0.2, -0.15) is 0 Å². The third-order valence-electron chi connectivity index (χ3n) is 7.14. The topological polar surface area (TPSA) is 129 Å². The third kappa shape index (κ3) is 16.6. The summed E-state index contributed by atoms with van der Waals surface area (Å²) < 4.78 is 4.78. The quantitative estimate of drug-likeness (QED) is 0.0875. The monoisotopic (exact) mass is 565 g/mol. The van der Waals surface area contributed by atoms with E-state index >= 15 is 0 Å². The molecule has 0 saturated heterocycles. The van der Waals surface area contributed by atoms with Gasteiger partial charge in [0.05, 0.1) is 17.8 Å². The summed E-state index contributed by atoms with van der Waals surface area (Å²) in [6.45, 7) is 5.27. The first-order valence-corrected chi connectivity index (χ1v) is 15.7. The maximum Gasteiger partial charge on any atom is 0.329 e. The standard InChI is InChI=1S/C31H55N3O6/c1-3-5-7-9-10-11-12-13-14-15-16-19-26(32-20-18-21-33-28(36)24-40-25-29(37)38)30-27(35)23-34(31(30)39)22-17-8-6-4-2/h35H,3-25H2,1-2H3,(H,33,36)(H,37,38). The van der Waals surface area contributed by atoms with E-state index in [0.717, 1.165) is 38.5 Å². The number of unbranched alkanes of at least 4 members (excludes halogenated alkanes) is 13. The third-order valence-corrected chi connectivity index (χ3v) is 7.14. The van der Waals surface area contributed by atoms with Crippen LogP contribution in [0.4, 0.5) is 0 Å². The molecule has 0 fully saturated rings. The minimum atomic E-state index is -1.12. The second kappa shape index (κ2) is 23.3. The molecule has 0 aromatic carbocycles. The molecule has 0 aromatic rings. The number of nitrogens with zero attached hydrogens (tertiary/aromatic N) is 2. The number of aliphatic hydroxyl groups excluding tert-OH is 1. The van der Waals surface area contributed by atoms with Gasteiger partial charge in [0, 0.05) is 19.6 Å². The molecule has 0 atom stereocenters. The summed E-state index contributed by atoms with van der Waals surface area (Å²) in [7, 11) is 0. The number of carboxylic acids is 1. The summed E-state index contributed by atoms with van der Waals surface area (Å²) in [5, 5.41) is 22.0. The molecule has 1 heterocycles. The zero-order valence-electron chi connectivity index (χ0n) is 25.2.